The highest BCUT2D eigenvalue weighted by Gasteiger charge is 2.16. The molecule has 23 heavy (non-hydrogen) atoms. The van der Waals surface area contributed by atoms with E-state index in [9.17, 15) is 10.5 Å². The average molecular weight is 293 g/mol. The monoisotopic (exact) mass is 293 g/mol. The van der Waals surface area contributed by atoms with E-state index in [1.54, 1.807) is 18.2 Å². The summed E-state index contributed by atoms with van der Waals surface area (Å²) in [5, 5.41) is 21.1. The van der Waals surface area contributed by atoms with Crippen LogP contribution >= 0.6 is 0 Å². The first-order chi connectivity index (χ1) is 11.3. The Bertz CT molecular complexity index is 1100. The van der Waals surface area contributed by atoms with E-state index in [1.165, 1.54) is 0 Å². The van der Waals surface area contributed by atoms with Crippen molar-refractivity contribution in [2.24, 2.45) is 0 Å². The molecule has 0 aliphatic carbocycles. The average Bonchev–Trinajstić information content (AvgIpc) is 2.99. The van der Waals surface area contributed by atoms with Crippen LogP contribution in [0.15, 0.2) is 60.7 Å². The number of aromatic nitrogens is 1. The molecule has 3 aromatic carbocycles. The smallest absolute Gasteiger partial charge is 0.0998 e. The maximum atomic E-state index is 9.47. The van der Waals surface area contributed by atoms with Crippen LogP contribution in [0.4, 0.5) is 0 Å². The Morgan fingerprint density at radius 3 is 2.09 bits per heavy atom. The van der Waals surface area contributed by atoms with Crippen LogP contribution in [-0.2, 0) is 0 Å². The van der Waals surface area contributed by atoms with Crippen LogP contribution < -0.4 is 0 Å². The molecule has 1 heterocycles. The lowest BCUT2D eigenvalue weighted by Gasteiger charge is -2.08. The second kappa shape index (κ2) is 5.02. The third-order valence-corrected chi connectivity index (χ3v) is 4.10. The highest BCUT2D eigenvalue weighted by molar-refractivity contribution is 6.14. The van der Waals surface area contributed by atoms with E-state index in [0.717, 1.165) is 27.4 Å². The predicted molar refractivity (Wildman–Crippen MR) is 90.7 cm³/mol. The van der Waals surface area contributed by atoms with Crippen LogP contribution in [-0.4, -0.2) is 4.98 Å². The summed E-state index contributed by atoms with van der Waals surface area (Å²) in [7, 11) is 0. The molecule has 0 bridgehead atoms. The van der Waals surface area contributed by atoms with E-state index in [2.05, 4.69) is 23.2 Å². The number of H-pyrrole nitrogens is 1. The molecule has 0 fully saturated rings. The molecular formula is C20H11N3. The molecule has 0 atom stereocenters. The molecule has 0 unspecified atom stereocenters. The molecule has 0 saturated carbocycles. The third-order valence-electron chi connectivity index (χ3n) is 4.10. The largest absolute Gasteiger partial charge is 0.354 e. The lowest BCUT2D eigenvalue weighted by molar-refractivity contribution is 1.44. The number of hydrogen-bond donors (Lipinski definition) is 1. The van der Waals surface area contributed by atoms with E-state index in [-0.39, 0.29) is 0 Å². The van der Waals surface area contributed by atoms with E-state index in [4.69, 9.17) is 0 Å². The van der Waals surface area contributed by atoms with Crippen LogP contribution in [0.3, 0.4) is 0 Å². The van der Waals surface area contributed by atoms with Crippen molar-refractivity contribution in [3.8, 4) is 23.3 Å². The summed E-state index contributed by atoms with van der Waals surface area (Å²) in [5.74, 6) is 0. The fraction of sp³-hybridized carbons (Fsp3) is 0. The van der Waals surface area contributed by atoms with Crippen molar-refractivity contribution in [3.63, 3.8) is 0 Å². The lowest BCUT2D eigenvalue weighted by atomic mass is 9.92. The minimum Gasteiger partial charge on any atom is -0.354 e. The standard InChI is InChI=1S/C20H11N3/c21-11-13-5-3-6-14(12-22)19(13)16-8-4-10-18-20(16)15-7-1-2-9-17(15)23-18/h1-10,23H. The van der Waals surface area contributed by atoms with Gasteiger partial charge in [-0.1, -0.05) is 36.4 Å². The Hall–Kier alpha value is -3.56. The third kappa shape index (κ3) is 1.88. The summed E-state index contributed by atoms with van der Waals surface area (Å²) in [4.78, 5) is 3.40. The van der Waals surface area contributed by atoms with Crippen molar-refractivity contribution in [3.05, 3.63) is 71.8 Å². The lowest BCUT2D eigenvalue weighted by Crippen LogP contribution is -1.90. The van der Waals surface area contributed by atoms with E-state index >= 15 is 0 Å². The van der Waals surface area contributed by atoms with Crippen molar-refractivity contribution < 1.29 is 0 Å². The summed E-state index contributed by atoms with van der Waals surface area (Å²) in [6.45, 7) is 0. The number of fused-ring (bicyclic) bond motifs is 3. The Morgan fingerprint density at radius 2 is 1.35 bits per heavy atom. The summed E-state index contributed by atoms with van der Waals surface area (Å²) in [6, 6.07) is 23.7. The molecule has 0 amide bonds. The van der Waals surface area contributed by atoms with Gasteiger partial charge in [0.05, 0.1) is 23.3 Å². The maximum absolute atomic E-state index is 9.47. The van der Waals surface area contributed by atoms with Gasteiger partial charge in [-0.15, -0.1) is 0 Å². The first kappa shape index (κ1) is 13.1. The SMILES string of the molecule is N#Cc1cccc(C#N)c1-c1cccc2[nH]c3ccccc3c12. The van der Waals surface area contributed by atoms with Gasteiger partial charge in [0.1, 0.15) is 0 Å². The van der Waals surface area contributed by atoms with Crippen molar-refractivity contribution in [1.29, 1.82) is 10.5 Å². The molecule has 4 aromatic rings. The Balaban J connectivity index is 2.21. The van der Waals surface area contributed by atoms with Gasteiger partial charge in [0.25, 0.3) is 0 Å². The van der Waals surface area contributed by atoms with Gasteiger partial charge in [0.2, 0.25) is 0 Å². The minimum absolute atomic E-state index is 0.516. The van der Waals surface area contributed by atoms with Crippen LogP contribution in [0, 0.1) is 22.7 Å². The van der Waals surface area contributed by atoms with Crippen LogP contribution in [0.5, 0.6) is 0 Å². The van der Waals surface area contributed by atoms with Gasteiger partial charge >= 0.3 is 0 Å². The van der Waals surface area contributed by atoms with Crippen molar-refractivity contribution >= 4 is 21.8 Å². The Morgan fingerprint density at radius 1 is 0.696 bits per heavy atom. The van der Waals surface area contributed by atoms with Gasteiger partial charge in [0, 0.05) is 27.4 Å². The first-order valence-electron chi connectivity index (χ1n) is 7.26. The molecule has 1 aromatic heterocycles. The highest BCUT2D eigenvalue weighted by atomic mass is 14.7. The normalized spacial score (nSPS) is 10.5. The number of benzene rings is 3. The van der Waals surface area contributed by atoms with Crippen molar-refractivity contribution in [2.75, 3.05) is 0 Å². The van der Waals surface area contributed by atoms with Crippen molar-refractivity contribution in [1.82, 2.24) is 4.98 Å². The zero-order valence-corrected chi connectivity index (χ0v) is 12.2. The van der Waals surface area contributed by atoms with Gasteiger partial charge < -0.3 is 4.98 Å². The van der Waals surface area contributed by atoms with Gasteiger partial charge in [-0.05, 0) is 29.8 Å². The number of aromatic amines is 1. The fourth-order valence-electron chi connectivity index (χ4n) is 3.14. The molecule has 106 valence electrons. The second-order valence-corrected chi connectivity index (χ2v) is 5.35. The van der Waals surface area contributed by atoms with E-state index in [0.29, 0.717) is 16.7 Å². The molecule has 0 radical (unpaired) electrons. The first-order valence-corrected chi connectivity index (χ1v) is 7.26. The zero-order chi connectivity index (χ0) is 15.8. The number of para-hydroxylation sites is 1. The highest BCUT2D eigenvalue weighted by Crippen LogP contribution is 2.37. The minimum atomic E-state index is 0.516. The summed E-state index contributed by atoms with van der Waals surface area (Å²) < 4.78 is 0. The fourth-order valence-corrected chi connectivity index (χ4v) is 3.14. The summed E-state index contributed by atoms with van der Waals surface area (Å²) in [5.41, 5.74) is 4.69. The second-order valence-electron chi connectivity index (χ2n) is 5.35. The van der Waals surface area contributed by atoms with Crippen LogP contribution in [0.1, 0.15) is 11.1 Å². The molecular weight excluding hydrogens is 282 g/mol. The zero-order valence-electron chi connectivity index (χ0n) is 12.2. The number of nitrogens with zero attached hydrogens (tertiary/aromatic N) is 2. The molecule has 4 rings (SSSR count). The number of nitrogens with one attached hydrogen (secondary N) is 1. The molecule has 1 N–H and O–H groups in total. The molecule has 0 aliphatic heterocycles. The predicted octanol–water partition coefficient (Wildman–Crippen LogP) is 4.73. The van der Waals surface area contributed by atoms with Crippen LogP contribution in [0.2, 0.25) is 0 Å². The molecule has 3 heteroatoms. The molecule has 3 nitrogen and oxygen atoms in total. The van der Waals surface area contributed by atoms with E-state index in [1.807, 2.05) is 36.4 Å². The molecule has 0 aliphatic rings. The van der Waals surface area contributed by atoms with Crippen LogP contribution in [0.25, 0.3) is 32.9 Å². The van der Waals surface area contributed by atoms with Gasteiger partial charge in [-0.2, -0.15) is 10.5 Å². The van der Waals surface area contributed by atoms with Crippen molar-refractivity contribution in [2.45, 2.75) is 0 Å². The Kier molecular flexibility index (Phi) is 2.86. The van der Waals surface area contributed by atoms with Gasteiger partial charge in [-0.3, -0.25) is 0 Å². The molecule has 0 saturated heterocycles. The number of hydrogen-bond acceptors (Lipinski definition) is 2. The quantitative estimate of drug-likeness (QED) is 0.551. The summed E-state index contributed by atoms with van der Waals surface area (Å²) >= 11 is 0. The van der Waals surface area contributed by atoms with E-state index < -0.39 is 0 Å². The van der Waals surface area contributed by atoms with Gasteiger partial charge in [0.15, 0.2) is 0 Å². The van der Waals surface area contributed by atoms with Gasteiger partial charge in [-0.25, -0.2) is 0 Å². The number of nitriles is 2. The maximum Gasteiger partial charge on any atom is 0.0998 e. The topological polar surface area (TPSA) is 63.4 Å². The number of rotatable bonds is 1. The molecule has 0 spiro atoms. The Labute approximate surface area is 133 Å². The summed E-state index contributed by atoms with van der Waals surface area (Å²) in [6.07, 6.45) is 0.